The van der Waals surface area contributed by atoms with Crippen molar-refractivity contribution in [2.45, 2.75) is 45.2 Å². The van der Waals surface area contributed by atoms with E-state index in [4.69, 9.17) is 0 Å². The Labute approximate surface area is 142 Å². The summed E-state index contributed by atoms with van der Waals surface area (Å²) in [4.78, 5) is 38.6. The standard InChI is InChI=1S/C18H24N2O4/c1-13(18(23)24)20(16-8-9-16)17(22)12-19(14(2)21)11-10-15-6-4-3-5-7-15/h3-7,13,16H,8-12H2,1-2H3,(H,23,24). The van der Waals surface area contributed by atoms with Gasteiger partial charge in [-0.05, 0) is 31.7 Å². The third-order valence-corrected chi connectivity index (χ3v) is 4.29. The lowest BCUT2D eigenvalue weighted by molar-refractivity contribution is -0.151. The third-order valence-electron chi connectivity index (χ3n) is 4.29. The minimum absolute atomic E-state index is 0.00784. The van der Waals surface area contributed by atoms with E-state index in [9.17, 15) is 19.5 Å². The molecule has 6 nitrogen and oxygen atoms in total. The number of carboxylic acids is 1. The molecule has 0 saturated heterocycles. The summed E-state index contributed by atoms with van der Waals surface area (Å²) in [5, 5.41) is 9.20. The van der Waals surface area contributed by atoms with Crippen molar-refractivity contribution in [1.82, 2.24) is 9.80 Å². The highest BCUT2D eigenvalue weighted by atomic mass is 16.4. The average Bonchev–Trinajstić information content (AvgIpc) is 3.36. The van der Waals surface area contributed by atoms with Crippen LogP contribution in [0.15, 0.2) is 30.3 Å². The SMILES string of the molecule is CC(=O)N(CCc1ccccc1)CC(=O)N(C1CC1)C(C)C(=O)O. The molecule has 1 aromatic rings. The molecule has 0 heterocycles. The number of carbonyl (C=O) groups is 3. The van der Waals surface area contributed by atoms with Gasteiger partial charge in [-0.3, -0.25) is 9.59 Å². The van der Waals surface area contributed by atoms with E-state index < -0.39 is 12.0 Å². The molecule has 0 aliphatic heterocycles. The summed E-state index contributed by atoms with van der Waals surface area (Å²) >= 11 is 0. The fourth-order valence-corrected chi connectivity index (χ4v) is 2.71. The smallest absolute Gasteiger partial charge is 0.326 e. The molecule has 0 bridgehead atoms. The Hall–Kier alpha value is -2.37. The second-order valence-electron chi connectivity index (χ2n) is 6.22. The zero-order valence-electron chi connectivity index (χ0n) is 14.1. The molecule has 6 heteroatoms. The van der Waals surface area contributed by atoms with E-state index in [-0.39, 0.29) is 24.4 Å². The fraction of sp³-hybridized carbons (Fsp3) is 0.500. The largest absolute Gasteiger partial charge is 0.480 e. The first-order valence-electron chi connectivity index (χ1n) is 8.23. The summed E-state index contributed by atoms with van der Waals surface area (Å²) in [5.41, 5.74) is 1.09. The molecule has 0 spiro atoms. The minimum Gasteiger partial charge on any atom is -0.480 e. The van der Waals surface area contributed by atoms with Gasteiger partial charge in [0.25, 0.3) is 0 Å². The molecule has 0 radical (unpaired) electrons. The molecule has 2 rings (SSSR count). The van der Waals surface area contributed by atoms with Crippen molar-refractivity contribution < 1.29 is 19.5 Å². The second kappa shape index (κ2) is 7.95. The van der Waals surface area contributed by atoms with Gasteiger partial charge >= 0.3 is 5.97 Å². The van der Waals surface area contributed by atoms with Crippen LogP contribution in [-0.4, -0.2) is 57.9 Å². The molecule has 0 aromatic heterocycles. The van der Waals surface area contributed by atoms with Crippen LogP contribution in [-0.2, 0) is 20.8 Å². The Balaban J connectivity index is 1.99. The van der Waals surface area contributed by atoms with Gasteiger partial charge in [0.1, 0.15) is 6.04 Å². The van der Waals surface area contributed by atoms with Crippen LogP contribution >= 0.6 is 0 Å². The highest BCUT2D eigenvalue weighted by Crippen LogP contribution is 2.29. The van der Waals surface area contributed by atoms with E-state index in [1.54, 1.807) is 0 Å². The molecule has 24 heavy (non-hydrogen) atoms. The van der Waals surface area contributed by atoms with E-state index in [2.05, 4.69) is 0 Å². The van der Waals surface area contributed by atoms with Crippen molar-refractivity contribution >= 4 is 17.8 Å². The number of nitrogens with zero attached hydrogens (tertiary/aromatic N) is 2. The number of hydrogen-bond donors (Lipinski definition) is 1. The monoisotopic (exact) mass is 332 g/mol. The maximum Gasteiger partial charge on any atom is 0.326 e. The first kappa shape index (κ1) is 18.0. The van der Waals surface area contributed by atoms with Gasteiger partial charge in [0.05, 0.1) is 6.54 Å². The van der Waals surface area contributed by atoms with Crippen LogP contribution < -0.4 is 0 Å². The van der Waals surface area contributed by atoms with E-state index >= 15 is 0 Å². The highest BCUT2D eigenvalue weighted by molar-refractivity contribution is 5.87. The molecule has 1 fully saturated rings. The second-order valence-corrected chi connectivity index (χ2v) is 6.22. The van der Waals surface area contributed by atoms with Crippen LogP contribution in [0, 0.1) is 0 Å². The molecule has 1 aliphatic rings. The van der Waals surface area contributed by atoms with Gasteiger partial charge in [0.15, 0.2) is 0 Å². The molecule has 1 aromatic carbocycles. The van der Waals surface area contributed by atoms with Gasteiger partial charge in [-0.25, -0.2) is 4.79 Å². The number of aliphatic carboxylic acids is 1. The number of amides is 2. The van der Waals surface area contributed by atoms with Crippen LogP contribution in [0.2, 0.25) is 0 Å². The molecule has 130 valence electrons. The summed E-state index contributed by atoms with van der Waals surface area (Å²) in [5.74, 6) is -1.50. The fourth-order valence-electron chi connectivity index (χ4n) is 2.71. The number of carbonyl (C=O) groups excluding carboxylic acids is 2. The molecule has 1 atom stereocenters. The number of rotatable bonds is 8. The van der Waals surface area contributed by atoms with E-state index in [0.717, 1.165) is 18.4 Å². The Kier molecular flexibility index (Phi) is 5.95. The maximum atomic E-state index is 12.6. The Morgan fingerprint density at radius 2 is 1.83 bits per heavy atom. The van der Waals surface area contributed by atoms with Crippen molar-refractivity contribution in [2.24, 2.45) is 0 Å². The van der Waals surface area contributed by atoms with Crippen LogP contribution in [0.25, 0.3) is 0 Å². The van der Waals surface area contributed by atoms with Crippen LogP contribution in [0.1, 0.15) is 32.3 Å². The van der Waals surface area contributed by atoms with Crippen LogP contribution in [0.4, 0.5) is 0 Å². The molecular weight excluding hydrogens is 308 g/mol. The Morgan fingerprint density at radius 3 is 2.33 bits per heavy atom. The molecule has 1 aliphatic carbocycles. The molecule has 1 saturated carbocycles. The van der Waals surface area contributed by atoms with E-state index in [0.29, 0.717) is 13.0 Å². The topological polar surface area (TPSA) is 77.9 Å². The Morgan fingerprint density at radius 1 is 1.21 bits per heavy atom. The number of benzene rings is 1. The normalized spacial score (nSPS) is 14.8. The first-order valence-corrected chi connectivity index (χ1v) is 8.23. The van der Waals surface area contributed by atoms with Gasteiger partial charge in [-0.1, -0.05) is 30.3 Å². The minimum atomic E-state index is -1.02. The predicted molar refractivity (Wildman–Crippen MR) is 89.4 cm³/mol. The van der Waals surface area contributed by atoms with Gasteiger partial charge in [0, 0.05) is 19.5 Å². The first-order chi connectivity index (χ1) is 11.4. The summed E-state index contributed by atoms with van der Waals surface area (Å²) in [7, 11) is 0. The number of carboxylic acid groups (broad SMARTS) is 1. The molecular formula is C18H24N2O4. The van der Waals surface area contributed by atoms with Gasteiger partial charge < -0.3 is 14.9 Å². The third kappa shape index (κ3) is 4.81. The van der Waals surface area contributed by atoms with Gasteiger partial charge in [-0.2, -0.15) is 0 Å². The molecule has 2 amide bonds. The average molecular weight is 332 g/mol. The summed E-state index contributed by atoms with van der Waals surface area (Å²) in [6, 6.07) is 8.87. The van der Waals surface area contributed by atoms with Gasteiger partial charge in [0.2, 0.25) is 11.8 Å². The van der Waals surface area contributed by atoms with Crippen molar-refractivity contribution in [3.8, 4) is 0 Å². The van der Waals surface area contributed by atoms with Crippen LogP contribution in [0.3, 0.4) is 0 Å². The highest BCUT2D eigenvalue weighted by Gasteiger charge is 2.38. The summed E-state index contributed by atoms with van der Waals surface area (Å²) < 4.78 is 0. The lowest BCUT2D eigenvalue weighted by Crippen LogP contribution is -2.49. The predicted octanol–water partition coefficient (Wildman–Crippen LogP) is 1.54. The zero-order chi connectivity index (χ0) is 17.7. The zero-order valence-corrected chi connectivity index (χ0v) is 14.1. The molecule has 1 unspecified atom stereocenters. The van der Waals surface area contributed by atoms with Crippen molar-refractivity contribution in [3.63, 3.8) is 0 Å². The summed E-state index contributed by atoms with van der Waals surface area (Å²) in [6.45, 7) is 3.31. The Bertz CT molecular complexity index is 598. The van der Waals surface area contributed by atoms with Crippen molar-refractivity contribution in [1.29, 1.82) is 0 Å². The van der Waals surface area contributed by atoms with Crippen molar-refractivity contribution in [2.75, 3.05) is 13.1 Å². The maximum absolute atomic E-state index is 12.6. The van der Waals surface area contributed by atoms with Crippen LogP contribution in [0.5, 0.6) is 0 Å². The van der Waals surface area contributed by atoms with E-state index in [1.807, 2.05) is 30.3 Å². The summed E-state index contributed by atoms with van der Waals surface area (Å²) in [6.07, 6.45) is 2.31. The van der Waals surface area contributed by atoms with Crippen molar-refractivity contribution in [3.05, 3.63) is 35.9 Å². The number of hydrogen-bond acceptors (Lipinski definition) is 3. The lowest BCUT2D eigenvalue weighted by Gasteiger charge is -2.29. The quantitative estimate of drug-likeness (QED) is 0.783. The molecule has 1 N–H and O–H groups in total. The lowest BCUT2D eigenvalue weighted by atomic mass is 10.1. The van der Waals surface area contributed by atoms with E-state index in [1.165, 1.54) is 23.6 Å². The van der Waals surface area contributed by atoms with Gasteiger partial charge in [-0.15, -0.1) is 0 Å².